The van der Waals surface area contributed by atoms with Gasteiger partial charge in [-0.3, -0.25) is 0 Å². The lowest BCUT2D eigenvalue weighted by atomic mass is 10.1. The van der Waals surface area contributed by atoms with E-state index in [-0.39, 0.29) is 12.1 Å². The highest BCUT2D eigenvalue weighted by molar-refractivity contribution is 5.87. The van der Waals surface area contributed by atoms with Crippen LogP contribution in [0.15, 0.2) is 12.2 Å². The summed E-state index contributed by atoms with van der Waals surface area (Å²) in [5.41, 5.74) is 0.529. The van der Waals surface area contributed by atoms with Crippen LogP contribution in [0.5, 0.6) is 0 Å². The number of esters is 1. The minimum absolute atomic E-state index is 0.124. The summed E-state index contributed by atoms with van der Waals surface area (Å²) in [5, 5.41) is 0. The van der Waals surface area contributed by atoms with Gasteiger partial charge in [0.1, 0.15) is 12.7 Å². The molecule has 0 aromatic carbocycles. The molecule has 0 aromatic heterocycles. The molecule has 4 heteroatoms. The van der Waals surface area contributed by atoms with Crippen molar-refractivity contribution in [2.75, 3.05) is 19.8 Å². The molecule has 0 N–H and O–H groups in total. The SMILES string of the molecule is C=C(CCC1CO1)C(=O)OCC1CO1. The van der Waals surface area contributed by atoms with Crippen LogP contribution < -0.4 is 0 Å². The molecule has 2 aliphatic rings. The quantitative estimate of drug-likeness (QED) is 0.357. The van der Waals surface area contributed by atoms with Crippen LogP contribution in [0, 0.1) is 0 Å². The molecule has 2 rings (SSSR count). The van der Waals surface area contributed by atoms with Crippen molar-refractivity contribution in [1.29, 1.82) is 0 Å². The van der Waals surface area contributed by atoms with Gasteiger partial charge in [0.25, 0.3) is 0 Å². The fourth-order valence-corrected chi connectivity index (χ4v) is 1.11. The van der Waals surface area contributed by atoms with Crippen LogP contribution in [-0.2, 0) is 19.0 Å². The molecular weight excluding hydrogens is 184 g/mol. The summed E-state index contributed by atoms with van der Waals surface area (Å²) >= 11 is 0. The van der Waals surface area contributed by atoms with E-state index >= 15 is 0 Å². The third kappa shape index (κ3) is 3.12. The first kappa shape index (κ1) is 9.68. The standard InChI is InChI=1S/C10H14O4/c1-7(2-3-8-4-12-8)10(11)14-6-9-5-13-9/h8-9H,1-6H2. The molecule has 78 valence electrons. The molecule has 14 heavy (non-hydrogen) atoms. The zero-order valence-corrected chi connectivity index (χ0v) is 8.03. The summed E-state index contributed by atoms with van der Waals surface area (Å²) < 4.78 is 14.9. The first-order valence-electron chi connectivity index (χ1n) is 4.84. The number of hydrogen-bond acceptors (Lipinski definition) is 4. The minimum atomic E-state index is -0.304. The summed E-state index contributed by atoms with van der Waals surface area (Å²) in [6.07, 6.45) is 1.99. The van der Waals surface area contributed by atoms with Crippen LogP contribution in [-0.4, -0.2) is 38.0 Å². The van der Waals surface area contributed by atoms with Gasteiger partial charge in [-0.15, -0.1) is 0 Å². The van der Waals surface area contributed by atoms with Gasteiger partial charge in [0, 0.05) is 5.57 Å². The Morgan fingerprint density at radius 2 is 2.00 bits per heavy atom. The third-order valence-corrected chi connectivity index (χ3v) is 2.26. The van der Waals surface area contributed by atoms with Crippen molar-refractivity contribution in [3.8, 4) is 0 Å². The molecule has 2 atom stereocenters. The lowest BCUT2D eigenvalue weighted by Crippen LogP contribution is -2.11. The Morgan fingerprint density at radius 3 is 2.57 bits per heavy atom. The molecule has 0 aliphatic carbocycles. The molecule has 0 radical (unpaired) electrons. The van der Waals surface area contributed by atoms with Crippen molar-refractivity contribution in [2.45, 2.75) is 25.0 Å². The molecule has 2 unspecified atom stereocenters. The highest BCUT2D eigenvalue weighted by atomic mass is 16.6. The molecule has 2 fully saturated rings. The number of carbonyl (C=O) groups excluding carboxylic acids is 1. The normalized spacial score (nSPS) is 28.3. The number of rotatable bonds is 6. The maximum Gasteiger partial charge on any atom is 0.333 e. The van der Waals surface area contributed by atoms with Gasteiger partial charge < -0.3 is 14.2 Å². The van der Waals surface area contributed by atoms with E-state index in [1.54, 1.807) is 0 Å². The van der Waals surface area contributed by atoms with E-state index in [1.165, 1.54) is 0 Å². The Kier molecular flexibility index (Phi) is 2.84. The summed E-state index contributed by atoms with van der Waals surface area (Å²) in [6.45, 7) is 5.56. The molecule has 0 spiro atoms. The molecule has 2 saturated heterocycles. The first-order chi connectivity index (χ1) is 6.75. The fraction of sp³-hybridized carbons (Fsp3) is 0.700. The van der Waals surface area contributed by atoms with Crippen molar-refractivity contribution in [2.24, 2.45) is 0 Å². The van der Waals surface area contributed by atoms with Gasteiger partial charge in [0.2, 0.25) is 0 Å². The Hall–Kier alpha value is -0.870. The molecule has 0 aromatic rings. The summed E-state index contributed by atoms with van der Waals surface area (Å²) in [5.74, 6) is -0.304. The zero-order valence-electron chi connectivity index (χ0n) is 8.03. The van der Waals surface area contributed by atoms with Crippen LogP contribution >= 0.6 is 0 Å². The van der Waals surface area contributed by atoms with Gasteiger partial charge in [0.15, 0.2) is 0 Å². The van der Waals surface area contributed by atoms with Gasteiger partial charge in [-0.1, -0.05) is 6.58 Å². The van der Waals surface area contributed by atoms with E-state index in [0.29, 0.717) is 31.3 Å². The largest absolute Gasteiger partial charge is 0.459 e. The second kappa shape index (κ2) is 4.11. The van der Waals surface area contributed by atoms with Crippen LogP contribution in [0.2, 0.25) is 0 Å². The van der Waals surface area contributed by atoms with Crippen molar-refractivity contribution >= 4 is 5.97 Å². The van der Waals surface area contributed by atoms with Crippen molar-refractivity contribution in [3.63, 3.8) is 0 Å². The van der Waals surface area contributed by atoms with Crippen molar-refractivity contribution in [1.82, 2.24) is 0 Å². The van der Waals surface area contributed by atoms with Crippen molar-refractivity contribution < 1.29 is 19.0 Å². The van der Waals surface area contributed by atoms with E-state index in [4.69, 9.17) is 14.2 Å². The first-order valence-corrected chi connectivity index (χ1v) is 4.84. The van der Waals surface area contributed by atoms with E-state index in [9.17, 15) is 4.79 Å². The number of epoxide rings is 2. The number of carbonyl (C=O) groups is 1. The molecule has 0 bridgehead atoms. The summed E-state index contributed by atoms with van der Waals surface area (Å²) in [4.78, 5) is 11.3. The molecule has 2 heterocycles. The molecular formula is C10H14O4. The van der Waals surface area contributed by atoms with Gasteiger partial charge in [0.05, 0.1) is 19.3 Å². The topological polar surface area (TPSA) is 51.4 Å². The lowest BCUT2D eigenvalue weighted by Gasteiger charge is -2.04. The van der Waals surface area contributed by atoms with E-state index in [1.807, 2.05) is 0 Å². The Balaban J connectivity index is 1.58. The molecule has 2 aliphatic heterocycles. The predicted molar refractivity (Wildman–Crippen MR) is 48.8 cm³/mol. The average Bonchev–Trinajstić information content (AvgIpc) is 3.02. The van der Waals surface area contributed by atoms with Gasteiger partial charge in [-0.05, 0) is 12.8 Å². The van der Waals surface area contributed by atoms with Crippen LogP contribution in [0.25, 0.3) is 0 Å². The molecule has 0 amide bonds. The Bertz CT molecular complexity index is 215. The Labute approximate surface area is 82.8 Å². The van der Waals surface area contributed by atoms with Crippen LogP contribution in [0.1, 0.15) is 12.8 Å². The van der Waals surface area contributed by atoms with E-state index < -0.39 is 0 Å². The molecule has 0 saturated carbocycles. The van der Waals surface area contributed by atoms with E-state index in [2.05, 4.69) is 6.58 Å². The lowest BCUT2D eigenvalue weighted by molar-refractivity contribution is -0.139. The average molecular weight is 198 g/mol. The second-order valence-electron chi connectivity index (χ2n) is 3.65. The highest BCUT2D eigenvalue weighted by Gasteiger charge is 2.26. The van der Waals surface area contributed by atoms with Gasteiger partial charge in [-0.25, -0.2) is 4.79 Å². The maximum atomic E-state index is 11.3. The fourth-order valence-electron chi connectivity index (χ4n) is 1.11. The van der Waals surface area contributed by atoms with Crippen LogP contribution in [0.3, 0.4) is 0 Å². The minimum Gasteiger partial charge on any atom is -0.459 e. The van der Waals surface area contributed by atoms with Gasteiger partial charge in [-0.2, -0.15) is 0 Å². The maximum absolute atomic E-state index is 11.3. The van der Waals surface area contributed by atoms with Gasteiger partial charge >= 0.3 is 5.97 Å². The van der Waals surface area contributed by atoms with E-state index in [0.717, 1.165) is 13.0 Å². The van der Waals surface area contributed by atoms with Crippen LogP contribution in [0.4, 0.5) is 0 Å². The number of hydrogen-bond donors (Lipinski definition) is 0. The number of ether oxygens (including phenoxy) is 3. The molecule has 4 nitrogen and oxygen atoms in total. The smallest absolute Gasteiger partial charge is 0.333 e. The predicted octanol–water partition coefficient (Wildman–Crippen LogP) is 0.664. The highest BCUT2D eigenvalue weighted by Crippen LogP contribution is 2.19. The monoisotopic (exact) mass is 198 g/mol. The van der Waals surface area contributed by atoms with Crippen molar-refractivity contribution in [3.05, 3.63) is 12.2 Å². The summed E-state index contributed by atoms with van der Waals surface area (Å²) in [7, 11) is 0. The second-order valence-corrected chi connectivity index (χ2v) is 3.65. The Morgan fingerprint density at radius 1 is 1.36 bits per heavy atom. The summed E-state index contributed by atoms with van der Waals surface area (Å²) in [6, 6.07) is 0. The zero-order chi connectivity index (χ0) is 9.97. The third-order valence-electron chi connectivity index (χ3n) is 2.26.